The molecule has 0 atom stereocenters. The van der Waals surface area contributed by atoms with Gasteiger partial charge in [0.1, 0.15) is 0 Å². The van der Waals surface area contributed by atoms with E-state index in [0.29, 0.717) is 0 Å². The summed E-state index contributed by atoms with van der Waals surface area (Å²) in [6, 6.07) is 2.37. The van der Waals surface area contributed by atoms with Crippen LogP contribution in [0, 0.1) is 13.8 Å². The van der Waals surface area contributed by atoms with E-state index in [1.54, 1.807) is 0 Å². The van der Waals surface area contributed by atoms with Crippen LogP contribution in [-0.2, 0) is 13.1 Å². The molecule has 2 nitrogen and oxygen atoms in total. The summed E-state index contributed by atoms with van der Waals surface area (Å²) < 4.78 is 2.42. The van der Waals surface area contributed by atoms with Crippen LogP contribution < -0.4 is 0 Å². The van der Waals surface area contributed by atoms with Crippen LogP contribution >= 0.6 is 0 Å². The Morgan fingerprint density at radius 1 is 1.12 bits per heavy atom. The molecule has 16 heavy (non-hydrogen) atoms. The first-order valence-electron chi connectivity index (χ1n) is 6.60. The fraction of sp³-hybridized carbons (Fsp3) is 0.714. The number of hydrogen-bond acceptors (Lipinski definition) is 1. The molecule has 1 fully saturated rings. The van der Waals surface area contributed by atoms with Gasteiger partial charge in [0.25, 0.3) is 0 Å². The first-order chi connectivity index (χ1) is 7.72. The Labute approximate surface area is 99.3 Å². The molecule has 1 aromatic rings. The summed E-state index contributed by atoms with van der Waals surface area (Å²) in [5.74, 6) is 0. The van der Waals surface area contributed by atoms with Crippen LogP contribution in [0.5, 0.6) is 0 Å². The lowest BCUT2D eigenvalue weighted by atomic mass is 10.1. The molecule has 0 amide bonds. The van der Waals surface area contributed by atoms with Gasteiger partial charge in [-0.15, -0.1) is 0 Å². The Balaban J connectivity index is 2.08. The third-order valence-electron chi connectivity index (χ3n) is 3.84. The highest BCUT2D eigenvalue weighted by Gasteiger charge is 2.14. The molecule has 2 rings (SSSR count). The van der Waals surface area contributed by atoms with Crippen molar-refractivity contribution in [3.05, 3.63) is 23.0 Å². The van der Waals surface area contributed by atoms with Gasteiger partial charge >= 0.3 is 0 Å². The van der Waals surface area contributed by atoms with Crippen LogP contribution in [0.3, 0.4) is 0 Å². The van der Waals surface area contributed by atoms with Gasteiger partial charge in [-0.2, -0.15) is 0 Å². The lowest BCUT2D eigenvalue weighted by Gasteiger charge is -2.26. The lowest BCUT2D eigenvalue weighted by molar-refractivity contribution is 0.220. The van der Waals surface area contributed by atoms with Crippen LogP contribution in [-0.4, -0.2) is 22.6 Å². The molecule has 1 saturated heterocycles. The average molecular weight is 220 g/mol. The van der Waals surface area contributed by atoms with E-state index < -0.39 is 0 Å². The standard InChI is InChI=1S/C14H24N2/c1-4-16-12(2)10-14(13(16)3)11-15-8-6-5-7-9-15/h10H,4-9,11H2,1-3H3. The van der Waals surface area contributed by atoms with Crippen molar-refractivity contribution in [2.75, 3.05) is 13.1 Å². The van der Waals surface area contributed by atoms with Crippen LogP contribution in [0.4, 0.5) is 0 Å². The van der Waals surface area contributed by atoms with E-state index in [2.05, 4.69) is 36.3 Å². The highest BCUT2D eigenvalue weighted by molar-refractivity contribution is 5.26. The Morgan fingerprint density at radius 2 is 1.81 bits per heavy atom. The molecular weight excluding hydrogens is 196 g/mol. The quantitative estimate of drug-likeness (QED) is 0.760. The predicted octanol–water partition coefficient (Wildman–Crippen LogP) is 3.11. The van der Waals surface area contributed by atoms with E-state index in [1.807, 2.05) is 0 Å². The second-order valence-corrected chi connectivity index (χ2v) is 4.98. The molecule has 1 aliphatic rings. The average Bonchev–Trinajstić information content (AvgIpc) is 2.55. The number of aromatic nitrogens is 1. The summed E-state index contributed by atoms with van der Waals surface area (Å²) in [4.78, 5) is 2.60. The molecule has 1 aromatic heterocycles. The Bertz CT molecular complexity index is 346. The normalized spacial score (nSPS) is 17.9. The van der Waals surface area contributed by atoms with Crippen molar-refractivity contribution >= 4 is 0 Å². The van der Waals surface area contributed by atoms with Crippen molar-refractivity contribution in [1.82, 2.24) is 9.47 Å². The first-order valence-corrected chi connectivity index (χ1v) is 6.60. The molecule has 0 radical (unpaired) electrons. The summed E-state index contributed by atoms with van der Waals surface area (Å²) >= 11 is 0. The van der Waals surface area contributed by atoms with Gasteiger partial charge in [-0.25, -0.2) is 0 Å². The van der Waals surface area contributed by atoms with Gasteiger partial charge in [0.15, 0.2) is 0 Å². The molecule has 2 heterocycles. The maximum Gasteiger partial charge on any atom is 0.0251 e. The third kappa shape index (κ3) is 2.32. The Kier molecular flexibility index (Phi) is 3.70. The molecular formula is C14H24N2. The maximum absolute atomic E-state index is 2.60. The van der Waals surface area contributed by atoms with E-state index in [-0.39, 0.29) is 0 Å². The van der Waals surface area contributed by atoms with Gasteiger partial charge in [0, 0.05) is 24.5 Å². The predicted molar refractivity (Wildman–Crippen MR) is 68.7 cm³/mol. The SMILES string of the molecule is CCn1c(C)cc(CN2CCCCC2)c1C. The summed E-state index contributed by atoms with van der Waals surface area (Å²) in [6.45, 7) is 11.5. The van der Waals surface area contributed by atoms with Gasteiger partial charge in [-0.05, 0) is 58.3 Å². The first kappa shape index (κ1) is 11.7. The van der Waals surface area contributed by atoms with E-state index >= 15 is 0 Å². The topological polar surface area (TPSA) is 8.17 Å². The minimum atomic E-state index is 1.09. The van der Waals surface area contributed by atoms with Gasteiger partial charge in [0.05, 0.1) is 0 Å². The summed E-state index contributed by atoms with van der Waals surface area (Å²) in [6.07, 6.45) is 4.18. The number of likely N-dealkylation sites (tertiary alicyclic amines) is 1. The van der Waals surface area contributed by atoms with E-state index in [4.69, 9.17) is 0 Å². The molecule has 0 saturated carbocycles. The molecule has 0 aliphatic carbocycles. The second-order valence-electron chi connectivity index (χ2n) is 4.98. The van der Waals surface area contributed by atoms with Crippen molar-refractivity contribution in [2.24, 2.45) is 0 Å². The van der Waals surface area contributed by atoms with Crippen LogP contribution in [0.1, 0.15) is 43.1 Å². The zero-order valence-corrected chi connectivity index (χ0v) is 10.9. The van der Waals surface area contributed by atoms with Crippen LogP contribution in [0.2, 0.25) is 0 Å². The maximum atomic E-state index is 2.60. The molecule has 0 aromatic carbocycles. The highest BCUT2D eigenvalue weighted by atomic mass is 15.1. The van der Waals surface area contributed by atoms with Gasteiger partial charge in [0.2, 0.25) is 0 Å². The monoisotopic (exact) mass is 220 g/mol. The number of piperidine rings is 1. The van der Waals surface area contributed by atoms with E-state index in [0.717, 1.165) is 13.1 Å². The summed E-state index contributed by atoms with van der Waals surface area (Å²) in [5.41, 5.74) is 4.40. The molecule has 0 N–H and O–H groups in total. The third-order valence-corrected chi connectivity index (χ3v) is 3.84. The van der Waals surface area contributed by atoms with Crippen molar-refractivity contribution in [2.45, 2.75) is 53.1 Å². The van der Waals surface area contributed by atoms with E-state index in [1.165, 1.54) is 49.3 Å². The molecule has 2 heteroatoms. The number of rotatable bonds is 3. The lowest BCUT2D eigenvalue weighted by Crippen LogP contribution is -2.29. The fourth-order valence-electron chi connectivity index (χ4n) is 2.88. The molecule has 1 aliphatic heterocycles. The van der Waals surface area contributed by atoms with Crippen LogP contribution in [0.15, 0.2) is 6.07 Å². The Morgan fingerprint density at radius 3 is 2.38 bits per heavy atom. The Hall–Kier alpha value is -0.760. The van der Waals surface area contributed by atoms with Gasteiger partial charge in [-0.3, -0.25) is 4.90 Å². The second kappa shape index (κ2) is 5.05. The summed E-state index contributed by atoms with van der Waals surface area (Å²) in [7, 11) is 0. The largest absolute Gasteiger partial charge is 0.349 e. The van der Waals surface area contributed by atoms with Crippen molar-refractivity contribution in [3.8, 4) is 0 Å². The number of nitrogens with zero attached hydrogens (tertiary/aromatic N) is 2. The van der Waals surface area contributed by atoms with Gasteiger partial charge in [-0.1, -0.05) is 6.42 Å². The highest BCUT2D eigenvalue weighted by Crippen LogP contribution is 2.19. The number of aryl methyl sites for hydroxylation is 1. The molecule has 0 spiro atoms. The minimum Gasteiger partial charge on any atom is -0.349 e. The van der Waals surface area contributed by atoms with Crippen molar-refractivity contribution in [1.29, 1.82) is 0 Å². The van der Waals surface area contributed by atoms with Crippen molar-refractivity contribution < 1.29 is 0 Å². The zero-order valence-electron chi connectivity index (χ0n) is 10.9. The number of hydrogen-bond donors (Lipinski definition) is 0. The minimum absolute atomic E-state index is 1.09. The van der Waals surface area contributed by atoms with Crippen molar-refractivity contribution in [3.63, 3.8) is 0 Å². The molecule has 0 unspecified atom stereocenters. The zero-order chi connectivity index (χ0) is 11.5. The fourth-order valence-corrected chi connectivity index (χ4v) is 2.88. The van der Waals surface area contributed by atoms with Crippen LogP contribution in [0.25, 0.3) is 0 Å². The summed E-state index contributed by atoms with van der Waals surface area (Å²) in [5, 5.41) is 0. The molecule has 0 bridgehead atoms. The van der Waals surface area contributed by atoms with Gasteiger partial charge < -0.3 is 4.57 Å². The molecule has 90 valence electrons. The van der Waals surface area contributed by atoms with E-state index in [9.17, 15) is 0 Å². The smallest absolute Gasteiger partial charge is 0.0251 e.